The Hall–Kier alpha value is -2.73. The third-order valence-electron chi connectivity index (χ3n) is 3.47. The van der Waals surface area contributed by atoms with Crippen molar-refractivity contribution in [2.45, 2.75) is 13.3 Å². The highest BCUT2D eigenvalue weighted by Crippen LogP contribution is 2.27. The molecule has 2 aromatic heterocycles. The third kappa shape index (κ3) is 3.78. The summed E-state index contributed by atoms with van der Waals surface area (Å²) in [6.07, 6.45) is 2.03. The average molecular weight is 339 g/mol. The molecule has 122 valence electrons. The Bertz CT molecular complexity index is 829. The summed E-state index contributed by atoms with van der Waals surface area (Å²) < 4.78 is 5.11. The molecular formula is C18H17N3O2S. The Balaban J connectivity index is 1.69. The summed E-state index contributed by atoms with van der Waals surface area (Å²) >= 11 is 1.50. The Labute approximate surface area is 144 Å². The first-order valence-corrected chi connectivity index (χ1v) is 8.29. The first-order chi connectivity index (χ1) is 11.7. The molecule has 6 heteroatoms. The molecule has 0 radical (unpaired) electrons. The number of rotatable bonds is 5. The Morgan fingerprint density at radius 1 is 1.21 bits per heavy atom. The van der Waals surface area contributed by atoms with Crippen LogP contribution in [-0.4, -0.2) is 23.0 Å². The number of hydrogen-bond donors (Lipinski definition) is 1. The largest absolute Gasteiger partial charge is 0.497 e. The van der Waals surface area contributed by atoms with E-state index >= 15 is 0 Å². The summed E-state index contributed by atoms with van der Waals surface area (Å²) in [5.74, 6) is 0.686. The maximum Gasteiger partial charge on any atom is 0.229 e. The lowest BCUT2D eigenvalue weighted by Crippen LogP contribution is -2.14. The Morgan fingerprint density at radius 2 is 2.00 bits per heavy atom. The number of thiazole rings is 1. The van der Waals surface area contributed by atoms with Gasteiger partial charge in [0.1, 0.15) is 10.8 Å². The van der Waals surface area contributed by atoms with Gasteiger partial charge in [-0.2, -0.15) is 0 Å². The molecule has 3 aromatic rings. The smallest absolute Gasteiger partial charge is 0.229 e. The molecule has 0 aliphatic heterocycles. The SMILES string of the molecule is COc1ccc(NC(=O)Cc2sc(-c3ccccn3)nc2C)cc1. The standard InChI is InChI=1S/C18H17N3O2S/c1-12-16(24-18(20-12)15-5-3-4-10-19-15)11-17(22)21-13-6-8-14(23-2)9-7-13/h3-10H,11H2,1-2H3,(H,21,22). The van der Waals surface area contributed by atoms with Crippen molar-refractivity contribution in [3.8, 4) is 16.5 Å². The number of aryl methyl sites for hydroxylation is 1. The van der Waals surface area contributed by atoms with Gasteiger partial charge in [-0.3, -0.25) is 9.78 Å². The molecule has 1 amide bonds. The number of nitrogens with one attached hydrogen (secondary N) is 1. The lowest BCUT2D eigenvalue weighted by Gasteiger charge is -2.05. The lowest BCUT2D eigenvalue weighted by molar-refractivity contribution is -0.115. The van der Waals surface area contributed by atoms with E-state index in [1.165, 1.54) is 11.3 Å². The molecule has 0 saturated carbocycles. The number of aromatic nitrogens is 2. The van der Waals surface area contributed by atoms with Gasteiger partial charge in [0.2, 0.25) is 5.91 Å². The first kappa shape index (κ1) is 16.1. The molecule has 2 heterocycles. The molecule has 0 unspecified atom stereocenters. The van der Waals surface area contributed by atoms with Crippen molar-refractivity contribution in [1.82, 2.24) is 9.97 Å². The van der Waals surface area contributed by atoms with Gasteiger partial charge in [0.25, 0.3) is 0 Å². The molecule has 0 atom stereocenters. The molecule has 0 aliphatic rings. The fourth-order valence-electron chi connectivity index (χ4n) is 2.22. The number of pyridine rings is 1. The van der Waals surface area contributed by atoms with Crippen LogP contribution < -0.4 is 10.1 Å². The third-order valence-corrected chi connectivity index (χ3v) is 4.65. The fourth-order valence-corrected chi connectivity index (χ4v) is 3.25. The normalized spacial score (nSPS) is 10.4. The van der Waals surface area contributed by atoms with Gasteiger partial charge in [0, 0.05) is 16.8 Å². The van der Waals surface area contributed by atoms with Gasteiger partial charge in [-0.25, -0.2) is 4.98 Å². The topological polar surface area (TPSA) is 64.1 Å². The number of hydrogen-bond acceptors (Lipinski definition) is 5. The number of amides is 1. The Morgan fingerprint density at radius 3 is 2.67 bits per heavy atom. The molecule has 0 fully saturated rings. The molecular weight excluding hydrogens is 322 g/mol. The highest BCUT2D eigenvalue weighted by molar-refractivity contribution is 7.15. The quantitative estimate of drug-likeness (QED) is 0.770. The summed E-state index contributed by atoms with van der Waals surface area (Å²) in [6, 6.07) is 13.0. The number of benzene rings is 1. The van der Waals surface area contributed by atoms with Crippen LogP contribution in [0, 0.1) is 6.92 Å². The van der Waals surface area contributed by atoms with Crippen LogP contribution >= 0.6 is 11.3 Å². The van der Waals surface area contributed by atoms with E-state index in [1.54, 1.807) is 13.3 Å². The molecule has 0 aliphatic carbocycles. The number of nitrogens with zero attached hydrogens (tertiary/aromatic N) is 2. The van der Waals surface area contributed by atoms with Crippen LogP contribution in [0.5, 0.6) is 5.75 Å². The van der Waals surface area contributed by atoms with Crippen molar-refractivity contribution in [2.75, 3.05) is 12.4 Å². The van der Waals surface area contributed by atoms with Crippen LogP contribution in [0.15, 0.2) is 48.7 Å². The molecule has 5 nitrogen and oxygen atoms in total. The van der Waals surface area contributed by atoms with Gasteiger partial charge in [0.15, 0.2) is 0 Å². The summed E-state index contributed by atoms with van der Waals surface area (Å²) in [4.78, 5) is 22.0. The molecule has 1 N–H and O–H groups in total. The predicted molar refractivity (Wildman–Crippen MR) is 95.4 cm³/mol. The molecule has 3 rings (SSSR count). The average Bonchev–Trinajstić information content (AvgIpc) is 2.97. The van der Waals surface area contributed by atoms with Crippen molar-refractivity contribution >= 4 is 22.9 Å². The van der Waals surface area contributed by atoms with Crippen LogP contribution in [0.1, 0.15) is 10.6 Å². The molecule has 0 bridgehead atoms. The zero-order valence-corrected chi connectivity index (χ0v) is 14.3. The minimum atomic E-state index is -0.0699. The minimum absolute atomic E-state index is 0.0699. The molecule has 0 spiro atoms. The number of ether oxygens (including phenoxy) is 1. The lowest BCUT2D eigenvalue weighted by atomic mass is 10.2. The van der Waals surface area contributed by atoms with E-state index in [-0.39, 0.29) is 5.91 Å². The highest BCUT2D eigenvalue weighted by atomic mass is 32.1. The number of carbonyl (C=O) groups is 1. The van der Waals surface area contributed by atoms with Gasteiger partial charge in [-0.1, -0.05) is 6.07 Å². The number of methoxy groups -OCH3 is 1. The maximum atomic E-state index is 12.3. The van der Waals surface area contributed by atoms with Crippen molar-refractivity contribution in [2.24, 2.45) is 0 Å². The second-order valence-electron chi connectivity index (χ2n) is 5.20. The minimum Gasteiger partial charge on any atom is -0.497 e. The summed E-state index contributed by atoms with van der Waals surface area (Å²) in [5.41, 5.74) is 2.44. The van der Waals surface area contributed by atoms with Crippen molar-refractivity contribution < 1.29 is 9.53 Å². The van der Waals surface area contributed by atoms with E-state index in [0.29, 0.717) is 6.42 Å². The van der Waals surface area contributed by atoms with E-state index in [0.717, 1.165) is 32.7 Å². The molecule has 24 heavy (non-hydrogen) atoms. The van der Waals surface area contributed by atoms with E-state index in [4.69, 9.17) is 4.74 Å². The fraction of sp³-hybridized carbons (Fsp3) is 0.167. The number of anilines is 1. The second-order valence-corrected chi connectivity index (χ2v) is 6.28. The maximum absolute atomic E-state index is 12.3. The van der Waals surface area contributed by atoms with E-state index in [1.807, 2.05) is 49.4 Å². The van der Waals surface area contributed by atoms with Gasteiger partial charge in [0.05, 0.1) is 24.9 Å². The predicted octanol–water partition coefficient (Wildman–Crippen LogP) is 3.70. The monoisotopic (exact) mass is 339 g/mol. The highest BCUT2D eigenvalue weighted by Gasteiger charge is 2.13. The summed E-state index contributed by atoms with van der Waals surface area (Å²) in [6.45, 7) is 1.92. The van der Waals surface area contributed by atoms with Crippen molar-refractivity contribution in [3.05, 3.63) is 59.2 Å². The summed E-state index contributed by atoms with van der Waals surface area (Å²) in [7, 11) is 1.61. The van der Waals surface area contributed by atoms with Gasteiger partial charge in [-0.15, -0.1) is 11.3 Å². The second kappa shape index (κ2) is 7.23. The Kier molecular flexibility index (Phi) is 4.86. The molecule has 0 saturated heterocycles. The van der Waals surface area contributed by atoms with Crippen molar-refractivity contribution in [1.29, 1.82) is 0 Å². The first-order valence-electron chi connectivity index (χ1n) is 7.47. The van der Waals surface area contributed by atoms with Gasteiger partial charge in [-0.05, 0) is 43.3 Å². The van der Waals surface area contributed by atoms with Crippen LogP contribution in [0.25, 0.3) is 10.7 Å². The zero-order chi connectivity index (χ0) is 16.9. The van der Waals surface area contributed by atoms with E-state index in [9.17, 15) is 4.79 Å². The van der Waals surface area contributed by atoms with Crippen molar-refractivity contribution in [3.63, 3.8) is 0 Å². The van der Waals surface area contributed by atoms with Crippen LogP contribution in [0.2, 0.25) is 0 Å². The van der Waals surface area contributed by atoms with E-state index < -0.39 is 0 Å². The number of carbonyl (C=O) groups excluding carboxylic acids is 1. The van der Waals surface area contributed by atoms with E-state index in [2.05, 4.69) is 15.3 Å². The van der Waals surface area contributed by atoms with Gasteiger partial charge < -0.3 is 10.1 Å². The zero-order valence-electron chi connectivity index (χ0n) is 13.4. The molecule has 1 aromatic carbocycles. The van der Waals surface area contributed by atoms with Crippen LogP contribution in [-0.2, 0) is 11.2 Å². The van der Waals surface area contributed by atoms with Crippen LogP contribution in [0.3, 0.4) is 0 Å². The van der Waals surface area contributed by atoms with Gasteiger partial charge >= 0.3 is 0 Å². The summed E-state index contributed by atoms with van der Waals surface area (Å²) in [5, 5.41) is 3.72. The van der Waals surface area contributed by atoms with Crippen LogP contribution in [0.4, 0.5) is 5.69 Å².